The first kappa shape index (κ1) is 12.2. The van der Waals surface area contributed by atoms with E-state index in [0.717, 1.165) is 12.8 Å². The first-order valence-electron chi connectivity index (χ1n) is 6.52. The summed E-state index contributed by atoms with van der Waals surface area (Å²) >= 11 is 0. The van der Waals surface area contributed by atoms with Crippen LogP contribution in [0.15, 0.2) is 24.3 Å². The molecule has 0 aromatic heterocycles. The van der Waals surface area contributed by atoms with Crippen LogP contribution in [0.5, 0.6) is 0 Å². The minimum absolute atomic E-state index is 0.0315. The second-order valence-electron chi connectivity index (χ2n) is 5.21. The number of hydrogen-bond acceptors (Lipinski definition) is 3. The Labute approximate surface area is 111 Å². The highest BCUT2D eigenvalue weighted by molar-refractivity contribution is 5.98. The maximum absolute atomic E-state index is 12.1. The fourth-order valence-electron chi connectivity index (χ4n) is 2.12. The Hall–Kier alpha value is -1.88. The second kappa shape index (κ2) is 4.66. The average Bonchev–Trinajstić information content (AvgIpc) is 3.19. The van der Waals surface area contributed by atoms with Crippen LogP contribution in [0.4, 0.5) is 5.69 Å². The number of aliphatic hydroxyl groups excluding tert-OH is 1. The summed E-state index contributed by atoms with van der Waals surface area (Å²) in [5.41, 5.74) is 1.20. The van der Waals surface area contributed by atoms with Gasteiger partial charge in [-0.25, -0.2) is 0 Å². The number of amides is 2. The molecule has 1 aliphatic carbocycles. The number of aliphatic hydroxyl groups is 1. The van der Waals surface area contributed by atoms with Gasteiger partial charge in [-0.1, -0.05) is 6.07 Å². The normalized spacial score (nSPS) is 18.9. The van der Waals surface area contributed by atoms with Gasteiger partial charge in [-0.15, -0.1) is 0 Å². The SMILES string of the molecule is O=C(Nc1cccc(C(=O)N2CC(O)C2)c1)C1CC1. The molecule has 1 saturated heterocycles. The molecule has 5 nitrogen and oxygen atoms in total. The predicted octanol–water partition coefficient (Wildman–Crippen LogP) is 0.852. The van der Waals surface area contributed by atoms with Crippen molar-refractivity contribution in [1.82, 2.24) is 4.90 Å². The van der Waals surface area contributed by atoms with Crippen LogP contribution in [-0.2, 0) is 4.79 Å². The van der Waals surface area contributed by atoms with Gasteiger partial charge in [0.05, 0.1) is 6.10 Å². The molecule has 5 heteroatoms. The number of rotatable bonds is 3. The maximum Gasteiger partial charge on any atom is 0.254 e. The van der Waals surface area contributed by atoms with Crippen LogP contribution in [0, 0.1) is 5.92 Å². The fourth-order valence-corrected chi connectivity index (χ4v) is 2.12. The quantitative estimate of drug-likeness (QED) is 0.846. The summed E-state index contributed by atoms with van der Waals surface area (Å²) in [6.07, 6.45) is 1.51. The van der Waals surface area contributed by atoms with E-state index < -0.39 is 6.10 Å². The van der Waals surface area contributed by atoms with E-state index in [9.17, 15) is 14.7 Å². The molecule has 2 N–H and O–H groups in total. The molecule has 0 atom stereocenters. The Morgan fingerprint density at radius 3 is 2.63 bits per heavy atom. The van der Waals surface area contributed by atoms with Gasteiger partial charge in [-0.05, 0) is 31.0 Å². The number of benzene rings is 1. The third-order valence-electron chi connectivity index (χ3n) is 3.47. The molecule has 2 aliphatic rings. The lowest BCUT2D eigenvalue weighted by molar-refractivity contribution is -0.117. The fraction of sp³-hybridized carbons (Fsp3) is 0.429. The molecule has 3 rings (SSSR count). The highest BCUT2D eigenvalue weighted by Crippen LogP contribution is 2.30. The average molecular weight is 260 g/mol. The Morgan fingerprint density at radius 2 is 2.00 bits per heavy atom. The van der Waals surface area contributed by atoms with Crippen molar-refractivity contribution in [2.45, 2.75) is 18.9 Å². The van der Waals surface area contributed by atoms with Gasteiger partial charge < -0.3 is 15.3 Å². The van der Waals surface area contributed by atoms with Crippen LogP contribution in [0.2, 0.25) is 0 Å². The van der Waals surface area contributed by atoms with Gasteiger partial charge in [0.25, 0.3) is 5.91 Å². The molecule has 0 unspecified atom stereocenters. The molecule has 1 heterocycles. The van der Waals surface area contributed by atoms with Gasteiger partial charge in [0.15, 0.2) is 0 Å². The Bertz CT molecular complexity index is 519. The van der Waals surface area contributed by atoms with Gasteiger partial charge in [0.1, 0.15) is 0 Å². The van der Waals surface area contributed by atoms with E-state index in [4.69, 9.17) is 0 Å². The van der Waals surface area contributed by atoms with E-state index in [1.807, 2.05) is 0 Å². The molecule has 19 heavy (non-hydrogen) atoms. The Morgan fingerprint density at radius 1 is 1.26 bits per heavy atom. The summed E-state index contributed by atoms with van der Waals surface area (Å²) in [6, 6.07) is 6.95. The van der Waals surface area contributed by atoms with Crippen molar-refractivity contribution in [1.29, 1.82) is 0 Å². The lowest BCUT2D eigenvalue weighted by atomic mass is 10.1. The van der Waals surface area contributed by atoms with Crippen LogP contribution in [0.25, 0.3) is 0 Å². The Balaban J connectivity index is 1.68. The van der Waals surface area contributed by atoms with Crippen molar-refractivity contribution in [2.75, 3.05) is 18.4 Å². The van der Waals surface area contributed by atoms with Gasteiger partial charge in [0.2, 0.25) is 5.91 Å². The topological polar surface area (TPSA) is 69.6 Å². The third-order valence-corrected chi connectivity index (χ3v) is 3.47. The zero-order valence-corrected chi connectivity index (χ0v) is 10.5. The molecule has 2 fully saturated rings. The van der Waals surface area contributed by atoms with Gasteiger partial charge >= 0.3 is 0 Å². The number of nitrogens with one attached hydrogen (secondary N) is 1. The van der Waals surface area contributed by atoms with Crippen molar-refractivity contribution in [2.24, 2.45) is 5.92 Å². The number of likely N-dealkylation sites (tertiary alicyclic amines) is 1. The summed E-state index contributed by atoms with van der Waals surface area (Å²) in [5.74, 6) is 0.0710. The summed E-state index contributed by atoms with van der Waals surface area (Å²) in [4.78, 5) is 25.3. The predicted molar refractivity (Wildman–Crippen MR) is 69.7 cm³/mol. The standard InChI is InChI=1S/C14H16N2O3/c17-12-7-16(8-12)14(19)10-2-1-3-11(6-10)15-13(18)9-4-5-9/h1-3,6,9,12,17H,4-5,7-8H2,(H,15,18). The number of hydrogen-bond donors (Lipinski definition) is 2. The van der Waals surface area contributed by atoms with Crippen LogP contribution in [0.3, 0.4) is 0 Å². The first-order chi connectivity index (χ1) is 9.13. The number of carbonyl (C=O) groups excluding carboxylic acids is 2. The van der Waals surface area contributed by atoms with Gasteiger partial charge in [-0.2, -0.15) is 0 Å². The van der Waals surface area contributed by atoms with E-state index in [2.05, 4.69) is 5.32 Å². The second-order valence-corrected chi connectivity index (χ2v) is 5.21. The number of anilines is 1. The monoisotopic (exact) mass is 260 g/mol. The van der Waals surface area contributed by atoms with E-state index in [0.29, 0.717) is 24.3 Å². The summed E-state index contributed by atoms with van der Waals surface area (Å²) < 4.78 is 0. The molecule has 100 valence electrons. The molecule has 1 aromatic rings. The van der Waals surface area contributed by atoms with E-state index in [1.54, 1.807) is 29.2 Å². The largest absolute Gasteiger partial charge is 0.389 e. The minimum Gasteiger partial charge on any atom is -0.389 e. The minimum atomic E-state index is -0.401. The van der Waals surface area contributed by atoms with Gasteiger partial charge in [0, 0.05) is 30.3 Å². The molecule has 0 bridgehead atoms. The highest BCUT2D eigenvalue weighted by atomic mass is 16.3. The van der Waals surface area contributed by atoms with Crippen LogP contribution in [0.1, 0.15) is 23.2 Å². The highest BCUT2D eigenvalue weighted by Gasteiger charge is 2.31. The molecule has 0 spiro atoms. The molecular weight excluding hydrogens is 244 g/mol. The van der Waals surface area contributed by atoms with Crippen molar-refractivity contribution in [3.8, 4) is 0 Å². The summed E-state index contributed by atoms with van der Waals surface area (Å²) in [7, 11) is 0. The first-order valence-corrected chi connectivity index (χ1v) is 6.52. The Kier molecular flexibility index (Phi) is 2.98. The zero-order valence-electron chi connectivity index (χ0n) is 10.5. The van der Waals surface area contributed by atoms with E-state index in [1.165, 1.54) is 0 Å². The van der Waals surface area contributed by atoms with E-state index >= 15 is 0 Å². The lowest BCUT2D eigenvalue weighted by Crippen LogP contribution is -2.53. The van der Waals surface area contributed by atoms with Crippen molar-refractivity contribution in [3.63, 3.8) is 0 Å². The molecule has 1 aromatic carbocycles. The van der Waals surface area contributed by atoms with E-state index in [-0.39, 0.29) is 17.7 Å². The zero-order chi connectivity index (χ0) is 13.4. The smallest absolute Gasteiger partial charge is 0.254 e. The molecular formula is C14H16N2O3. The van der Waals surface area contributed by atoms with Crippen molar-refractivity contribution in [3.05, 3.63) is 29.8 Å². The summed E-state index contributed by atoms with van der Waals surface area (Å²) in [5, 5.41) is 12.0. The molecule has 0 radical (unpaired) electrons. The van der Waals surface area contributed by atoms with Crippen LogP contribution in [-0.4, -0.2) is 41.0 Å². The number of nitrogens with zero attached hydrogens (tertiary/aromatic N) is 1. The molecule has 2 amide bonds. The van der Waals surface area contributed by atoms with Crippen LogP contribution >= 0.6 is 0 Å². The molecule has 1 aliphatic heterocycles. The lowest BCUT2D eigenvalue weighted by Gasteiger charge is -2.35. The van der Waals surface area contributed by atoms with Crippen molar-refractivity contribution >= 4 is 17.5 Å². The van der Waals surface area contributed by atoms with Crippen LogP contribution < -0.4 is 5.32 Å². The summed E-state index contributed by atoms with van der Waals surface area (Å²) in [6.45, 7) is 0.773. The number of β-amino-alcohol motifs (C(OH)–C–C–N with tert-alkyl or cyclic N) is 1. The van der Waals surface area contributed by atoms with Crippen molar-refractivity contribution < 1.29 is 14.7 Å². The maximum atomic E-state index is 12.1. The number of carbonyl (C=O) groups is 2. The van der Waals surface area contributed by atoms with Gasteiger partial charge in [-0.3, -0.25) is 9.59 Å². The molecule has 1 saturated carbocycles. The third kappa shape index (κ3) is 2.61.